The lowest BCUT2D eigenvalue weighted by molar-refractivity contribution is -0.509. The van der Waals surface area contributed by atoms with Gasteiger partial charge >= 0.3 is 11.1 Å². The molecular weight excluding hydrogens is 200 g/mol. The van der Waals surface area contributed by atoms with Gasteiger partial charge in [0, 0.05) is 5.75 Å². The molecule has 1 aliphatic heterocycles. The minimum absolute atomic E-state index is 0.177. The highest BCUT2D eigenvalue weighted by molar-refractivity contribution is 8.13. The zero-order chi connectivity index (χ0) is 10.4. The maximum atomic E-state index is 11.3. The fraction of sp³-hybridized carbons (Fsp3) is 0.778. The average Bonchev–Trinajstić information content (AvgIpc) is 2.52. The van der Waals surface area contributed by atoms with E-state index < -0.39 is 0 Å². The van der Waals surface area contributed by atoms with E-state index in [4.69, 9.17) is 10.5 Å². The number of carbonyl (C=O) groups excluding carboxylic acids is 1. The summed E-state index contributed by atoms with van der Waals surface area (Å²) in [4.78, 5) is 11.3. The summed E-state index contributed by atoms with van der Waals surface area (Å²) in [5.74, 6) is 0.789. The topological polar surface area (TPSA) is 55.3 Å². The Bertz CT molecular complexity index is 241. The predicted molar refractivity (Wildman–Crippen MR) is 57.5 cm³/mol. The van der Waals surface area contributed by atoms with E-state index in [1.54, 1.807) is 11.8 Å². The van der Waals surface area contributed by atoms with E-state index in [1.165, 1.54) is 0 Å². The van der Waals surface area contributed by atoms with E-state index in [1.807, 2.05) is 4.58 Å². The van der Waals surface area contributed by atoms with Crippen molar-refractivity contribution < 1.29 is 14.1 Å². The van der Waals surface area contributed by atoms with Gasteiger partial charge in [-0.25, -0.2) is 9.37 Å². The van der Waals surface area contributed by atoms with Crippen LogP contribution in [0, 0.1) is 0 Å². The highest BCUT2D eigenvalue weighted by atomic mass is 32.2. The molecule has 5 heteroatoms. The van der Waals surface area contributed by atoms with Crippen LogP contribution >= 0.6 is 11.8 Å². The molecule has 0 saturated carbocycles. The normalized spacial score (nSPS) is 16.1. The van der Waals surface area contributed by atoms with Crippen LogP contribution in [0.2, 0.25) is 0 Å². The van der Waals surface area contributed by atoms with Crippen molar-refractivity contribution in [2.45, 2.75) is 19.8 Å². The largest absolute Gasteiger partial charge is 0.463 e. The Morgan fingerprint density at radius 1 is 1.71 bits per heavy atom. The lowest BCUT2D eigenvalue weighted by atomic mass is 10.4. The molecule has 2 N–H and O–H groups in total. The van der Waals surface area contributed by atoms with E-state index >= 15 is 0 Å². The van der Waals surface area contributed by atoms with Gasteiger partial charge in [-0.05, 0) is 18.2 Å². The molecule has 1 rings (SSSR count). The first-order valence-corrected chi connectivity index (χ1v) is 5.88. The second-order valence-corrected chi connectivity index (χ2v) is 4.30. The van der Waals surface area contributed by atoms with Gasteiger partial charge in [-0.3, -0.25) is 5.73 Å². The van der Waals surface area contributed by atoms with E-state index in [9.17, 15) is 4.79 Å². The lowest BCUT2D eigenvalue weighted by Crippen LogP contribution is -2.28. The molecule has 0 saturated heterocycles. The molecule has 0 aromatic carbocycles. The van der Waals surface area contributed by atoms with Gasteiger partial charge in [0.05, 0.1) is 13.2 Å². The van der Waals surface area contributed by atoms with Crippen molar-refractivity contribution in [3.05, 3.63) is 0 Å². The molecule has 0 spiro atoms. The molecule has 1 heterocycles. The Morgan fingerprint density at radius 2 is 2.50 bits per heavy atom. The molecule has 80 valence electrons. The molecule has 0 radical (unpaired) electrons. The van der Waals surface area contributed by atoms with Crippen LogP contribution in [0.4, 0.5) is 0 Å². The fourth-order valence-corrected chi connectivity index (χ4v) is 2.01. The molecule has 4 nitrogen and oxygen atoms in total. The number of hydrogen-bond acceptors (Lipinski definition) is 4. The van der Waals surface area contributed by atoms with Crippen molar-refractivity contribution in [3.63, 3.8) is 0 Å². The summed E-state index contributed by atoms with van der Waals surface area (Å²) >= 11 is 1.59. The summed E-state index contributed by atoms with van der Waals surface area (Å²) in [6.45, 7) is 3.73. The van der Waals surface area contributed by atoms with Crippen molar-refractivity contribution in [2.24, 2.45) is 5.73 Å². The summed E-state index contributed by atoms with van der Waals surface area (Å²) < 4.78 is 6.89. The molecule has 0 aromatic heterocycles. The minimum atomic E-state index is -0.177. The molecule has 0 aliphatic carbocycles. The molecule has 0 amide bonds. The Balaban J connectivity index is 2.23. The molecule has 14 heavy (non-hydrogen) atoms. The second kappa shape index (κ2) is 5.90. The number of nitrogens with zero attached hydrogens (tertiary/aromatic N) is 1. The molecule has 0 fully saturated rings. The van der Waals surface area contributed by atoms with Crippen LogP contribution in [0.25, 0.3) is 0 Å². The third kappa shape index (κ3) is 3.57. The molecule has 0 unspecified atom stereocenters. The van der Waals surface area contributed by atoms with Crippen LogP contribution in [-0.2, 0) is 9.53 Å². The van der Waals surface area contributed by atoms with Crippen molar-refractivity contribution in [1.29, 1.82) is 0 Å². The number of esters is 1. The number of ether oxygens (including phenoxy) is 1. The first-order valence-electron chi connectivity index (χ1n) is 4.90. The van der Waals surface area contributed by atoms with Crippen molar-refractivity contribution in [1.82, 2.24) is 0 Å². The standard InChI is InChI=1S/C9H16N2O2S/c1-2-3-5-13-8(12)7-11-4-6-14-9(11)10/h10H,2-7H2,1H3/p+1. The minimum Gasteiger partial charge on any atom is -0.463 e. The summed E-state index contributed by atoms with van der Waals surface area (Å²) in [5.41, 5.74) is 5.68. The summed E-state index contributed by atoms with van der Waals surface area (Å²) in [7, 11) is 0. The summed E-state index contributed by atoms with van der Waals surface area (Å²) in [6, 6.07) is 0. The number of unbranched alkanes of at least 4 members (excludes halogenated alkanes) is 1. The van der Waals surface area contributed by atoms with Gasteiger partial charge in [-0.2, -0.15) is 0 Å². The number of rotatable bonds is 5. The molecule has 1 aliphatic rings. The Hall–Kier alpha value is -0.710. The van der Waals surface area contributed by atoms with Gasteiger partial charge in [-0.15, -0.1) is 0 Å². The van der Waals surface area contributed by atoms with Gasteiger partial charge < -0.3 is 4.74 Å². The monoisotopic (exact) mass is 217 g/mol. The number of carbonyl (C=O) groups is 1. The number of amidine groups is 1. The third-order valence-corrected chi connectivity index (χ3v) is 2.94. The molecule has 0 bridgehead atoms. The van der Waals surface area contributed by atoms with E-state index in [0.717, 1.165) is 30.3 Å². The van der Waals surface area contributed by atoms with Gasteiger partial charge in [-0.1, -0.05) is 13.3 Å². The molecular formula is C9H17N2O2S+. The Labute approximate surface area is 88.5 Å². The van der Waals surface area contributed by atoms with Crippen LogP contribution in [0.15, 0.2) is 0 Å². The van der Waals surface area contributed by atoms with Crippen molar-refractivity contribution in [2.75, 3.05) is 25.4 Å². The van der Waals surface area contributed by atoms with E-state index in [2.05, 4.69) is 6.92 Å². The fourth-order valence-electron chi connectivity index (χ4n) is 1.15. The van der Waals surface area contributed by atoms with Crippen LogP contribution in [0.5, 0.6) is 0 Å². The number of hydrogen-bond donors (Lipinski definition) is 1. The smallest absolute Gasteiger partial charge is 0.348 e. The van der Waals surface area contributed by atoms with Crippen LogP contribution in [0.3, 0.4) is 0 Å². The first kappa shape index (κ1) is 11.4. The zero-order valence-corrected chi connectivity index (χ0v) is 9.31. The van der Waals surface area contributed by atoms with Crippen molar-refractivity contribution in [3.8, 4) is 0 Å². The first-order chi connectivity index (χ1) is 6.74. The van der Waals surface area contributed by atoms with Crippen LogP contribution < -0.4 is 5.73 Å². The quantitative estimate of drug-likeness (QED) is 0.411. The van der Waals surface area contributed by atoms with Crippen LogP contribution in [-0.4, -0.2) is 41.2 Å². The highest BCUT2D eigenvalue weighted by Gasteiger charge is 2.20. The number of thioether (sulfide) groups is 1. The van der Waals surface area contributed by atoms with Gasteiger partial charge in [0.15, 0.2) is 6.54 Å². The lowest BCUT2D eigenvalue weighted by Gasteiger charge is -2.03. The number of nitrogens with two attached hydrogens (primary N) is 1. The van der Waals surface area contributed by atoms with Gasteiger partial charge in [0.1, 0.15) is 0 Å². The average molecular weight is 217 g/mol. The summed E-state index contributed by atoms with van der Waals surface area (Å²) in [6.07, 6.45) is 1.97. The van der Waals surface area contributed by atoms with E-state index in [0.29, 0.717) is 13.2 Å². The SMILES string of the molecule is CCCCOC(=O)C[N+]1=C(N)SCC1. The van der Waals surface area contributed by atoms with Crippen LogP contribution in [0.1, 0.15) is 19.8 Å². The van der Waals surface area contributed by atoms with E-state index in [-0.39, 0.29) is 5.97 Å². The third-order valence-electron chi connectivity index (χ3n) is 2.00. The predicted octanol–water partition coefficient (Wildman–Crippen LogP) is 0.404. The van der Waals surface area contributed by atoms with Gasteiger partial charge in [0.25, 0.3) is 0 Å². The van der Waals surface area contributed by atoms with Gasteiger partial charge in [0.2, 0.25) is 0 Å². The highest BCUT2D eigenvalue weighted by Crippen LogP contribution is 2.07. The Kier molecular flexibility index (Phi) is 4.79. The van der Waals surface area contributed by atoms with Crippen molar-refractivity contribution >= 4 is 22.9 Å². The molecule has 0 aromatic rings. The maximum Gasteiger partial charge on any atom is 0.348 e. The Morgan fingerprint density at radius 3 is 3.07 bits per heavy atom. The second-order valence-electron chi connectivity index (χ2n) is 3.18. The molecule has 0 atom stereocenters. The zero-order valence-electron chi connectivity index (χ0n) is 8.49. The summed E-state index contributed by atoms with van der Waals surface area (Å²) in [5, 5.41) is 0.734. The maximum absolute atomic E-state index is 11.3.